The van der Waals surface area contributed by atoms with E-state index in [9.17, 15) is 4.79 Å². The monoisotopic (exact) mass is 267 g/mol. The molecular weight excluding hydrogens is 246 g/mol. The number of carboxylic acid groups (broad SMARTS) is 1. The van der Waals surface area contributed by atoms with Gasteiger partial charge in [-0.05, 0) is 20.3 Å². The third-order valence-electron chi connectivity index (χ3n) is 2.38. The van der Waals surface area contributed by atoms with Gasteiger partial charge in [0.25, 0.3) is 0 Å². The first-order valence-corrected chi connectivity index (χ1v) is 6.49. The first kappa shape index (κ1) is 15.2. The van der Waals surface area contributed by atoms with Crippen molar-refractivity contribution in [3.05, 3.63) is 12.3 Å². The van der Waals surface area contributed by atoms with Crippen molar-refractivity contribution >= 4 is 11.9 Å². The molecule has 0 saturated heterocycles. The molecule has 1 heterocycles. The summed E-state index contributed by atoms with van der Waals surface area (Å²) >= 11 is 0. The molecule has 2 N–H and O–H groups in total. The predicted octanol–water partition coefficient (Wildman–Crippen LogP) is 2.32. The van der Waals surface area contributed by atoms with Gasteiger partial charge in [0.15, 0.2) is 0 Å². The molecule has 1 atom stereocenters. The van der Waals surface area contributed by atoms with E-state index in [-0.39, 0.29) is 18.6 Å². The number of hydrogen-bond donors (Lipinski definition) is 2. The molecule has 19 heavy (non-hydrogen) atoms. The fourth-order valence-corrected chi connectivity index (χ4v) is 1.69. The van der Waals surface area contributed by atoms with Crippen molar-refractivity contribution in [2.75, 3.05) is 5.32 Å². The van der Waals surface area contributed by atoms with Crippen molar-refractivity contribution in [2.24, 2.45) is 0 Å². The van der Waals surface area contributed by atoms with Crippen LogP contribution in [0.1, 0.15) is 40.0 Å². The highest BCUT2D eigenvalue weighted by Crippen LogP contribution is 2.13. The van der Waals surface area contributed by atoms with Gasteiger partial charge in [0.2, 0.25) is 11.8 Å². The summed E-state index contributed by atoms with van der Waals surface area (Å²) in [6, 6.07) is 1.51. The maximum atomic E-state index is 10.8. The Morgan fingerprint density at radius 1 is 1.53 bits per heavy atom. The summed E-state index contributed by atoms with van der Waals surface area (Å²) in [6.45, 7) is 5.84. The second kappa shape index (κ2) is 7.56. The van der Waals surface area contributed by atoms with Crippen LogP contribution < -0.4 is 10.1 Å². The van der Waals surface area contributed by atoms with E-state index in [0.29, 0.717) is 11.8 Å². The third kappa shape index (κ3) is 6.03. The van der Waals surface area contributed by atoms with Gasteiger partial charge in [-0.1, -0.05) is 13.3 Å². The summed E-state index contributed by atoms with van der Waals surface area (Å²) in [4.78, 5) is 19.1. The lowest BCUT2D eigenvalue weighted by Crippen LogP contribution is -2.24. The molecule has 0 fully saturated rings. The summed E-state index contributed by atoms with van der Waals surface area (Å²) in [5, 5.41) is 11.9. The normalized spacial score (nSPS) is 12.2. The van der Waals surface area contributed by atoms with Crippen LogP contribution in [0.4, 0.5) is 5.95 Å². The quantitative estimate of drug-likeness (QED) is 0.752. The van der Waals surface area contributed by atoms with Crippen LogP contribution in [0.5, 0.6) is 5.88 Å². The molecule has 1 unspecified atom stereocenters. The van der Waals surface area contributed by atoms with Gasteiger partial charge in [-0.25, -0.2) is 4.98 Å². The minimum atomic E-state index is -0.833. The second-order valence-corrected chi connectivity index (χ2v) is 4.61. The molecule has 0 radical (unpaired) electrons. The van der Waals surface area contributed by atoms with E-state index >= 15 is 0 Å². The van der Waals surface area contributed by atoms with E-state index in [4.69, 9.17) is 9.84 Å². The first-order valence-electron chi connectivity index (χ1n) is 6.49. The van der Waals surface area contributed by atoms with Gasteiger partial charge in [-0.15, -0.1) is 0 Å². The molecular formula is C13H21N3O3. The number of ether oxygens (including phenoxy) is 1. The van der Waals surface area contributed by atoms with Crippen LogP contribution >= 0.6 is 0 Å². The van der Waals surface area contributed by atoms with Gasteiger partial charge in [-0.3, -0.25) is 4.79 Å². The van der Waals surface area contributed by atoms with Crippen molar-refractivity contribution in [1.29, 1.82) is 0 Å². The largest absolute Gasteiger partial charge is 0.481 e. The van der Waals surface area contributed by atoms with E-state index in [1.54, 1.807) is 12.3 Å². The Kier molecular flexibility index (Phi) is 6.05. The molecule has 0 saturated carbocycles. The number of aliphatic carboxylic acids is 1. The molecule has 6 heteroatoms. The smallest absolute Gasteiger partial charge is 0.305 e. The third-order valence-corrected chi connectivity index (χ3v) is 2.38. The number of rotatable bonds is 8. The van der Waals surface area contributed by atoms with E-state index in [0.717, 1.165) is 12.8 Å². The van der Waals surface area contributed by atoms with Gasteiger partial charge in [-0.2, -0.15) is 4.98 Å². The predicted molar refractivity (Wildman–Crippen MR) is 72.4 cm³/mol. The Balaban J connectivity index is 2.69. The van der Waals surface area contributed by atoms with Crippen LogP contribution in [0.25, 0.3) is 0 Å². The number of anilines is 1. The minimum Gasteiger partial charge on any atom is -0.481 e. The van der Waals surface area contributed by atoms with Crippen LogP contribution in [-0.2, 0) is 4.79 Å². The molecule has 106 valence electrons. The lowest BCUT2D eigenvalue weighted by atomic mass is 10.1. The molecule has 0 bridgehead atoms. The van der Waals surface area contributed by atoms with Gasteiger partial charge >= 0.3 is 5.97 Å². The number of aromatic nitrogens is 2. The van der Waals surface area contributed by atoms with Gasteiger partial charge in [0.1, 0.15) is 0 Å². The summed E-state index contributed by atoms with van der Waals surface area (Å²) in [5.41, 5.74) is 0. The molecule has 0 aliphatic heterocycles. The van der Waals surface area contributed by atoms with E-state index in [2.05, 4.69) is 15.3 Å². The van der Waals surface area contributed by atoms with Crippen molar-refractivity contribution < 1.29 is 14.6 Å². The van der Waals surface area contributed by atoms with Gasteiger partial charge < -0.3 is 15.2 Å². The first-order chi connectivity index (χ1) is 9.01. The van der Waals surface area contributed by atoms with Crippen molar-refractivity contribution in [3.63, 3.8) is 0 Å². The van der Waals surface area contributed by atoms with Crippen LogP contribution in [-0.4, -0.2) is 33.2 Å². The molecule has 0 aliphatic rings. The van der Waals surface area contributed by atoms with Gasteiger partial charge in [0, 0.05) is 18.3 Å². The Morgan fingerprint density at radius 2 is 2.26 bits per heavy atom. The highest BCUT2D eigenvalue weighted by Gasteiger charge is 2.13. The summed E-state index contributed by atoms with van der Waals surface area (Å²) in [7, 11) is 0. The van der Waals surface area contributed by atoms with E-state index in [1.165, 1.54) is 0 Å². The number of hydrogen-bond acceptors (Lipinski definition) is 5. The van der Waals surface area contributed by atoms with Gasteiger partial charge in [0.05, 0.1) is 12.5 Å². The molecule has 6 nitrogen and oxygen atoms in total. The lowest BCUT2D eigenvalue weighted by molar-refractivity contribution is -0.137. The summed E-state index contributed by atoms with van der Waals surface area (Å²) in [6.07, 6.45) is 3.33. The summed E-state index contributed by atoms with van der Waals surface area (Å²) < 4.78 is 5.47. The van der Waals surface area contributed by atoms with Crippen LogP contribution in [0.2, 0.25) is 0 Å². The molecule has 1 aromatic heterocycles. The molecule has 0 aliphatic carbocycles. The maximum absolute atomic E-state index is 10.8. The molecule has 0 aromatic carbocycles. The van der Waals surface area contributed by atoms with Crippen LogP contribution in [0.3, 0.4) is 0 Å². The Bertz CT molecular complexity index is 410. The minimum absolute atomic E-state index is 0.0354. The fraction of sp³-hybridized carbons (Fsp3) is 0.615. The maximum Gasteiger partial charge on any atom is 0.305 e. The standard InChI is InChI=1S/C13H21N3O3/c1-4-5-10(8-12(17)18)15-13-14-7-6-11(16-13)19-9(2)3/h6-7,9-10H,4-5,8H2,1-3H3,(H,17,18)(H,14,15,16). The molecule has 1 rings (SSSR count). The number of carbonyl (C=O) groups is 1. The highest BCUT2D eigenvalue weighted by molar-refractivity contribution is 5.68. The fourth-order valence-electron chi connectivity index (χ4n) is 1.69. The Morgan fingerprint density at radius 3 is 2.84 bits per heavy atom. The Labute approximate surface area is 113 Å². The average molecular weight is 267 g/mol. The van der Waals surface area contributed by atoms with E-state index < -0.39 is 5.97 Å². The number of nitrogens with zero attached hydrogens (tertiary/aromatic N) is 2. The molecule has 0 spiro atoms. The van der Waals surface area contributed by atoms with Crippen molar-refractivity contribution in [1.82, 2.24) is 9.97 Å². The number of carboxylic acids is 1. The molecule has 1 aromatic rings. The molecule has 0 amide bonds. The lowest BCUT2D eigenvalue weighted by Gasteiger charge is -2.16. The van der Waals surface area contributed by atoms with Crippen molar-refractivity contribution in [3.8, 4) is 5.88 Å². The average Bonchev–Trinajstić information content (AvgIpc) is 2.27. The number of nitrogens with one attached hydrogen (secondary N) is 1. The van der Waals surface area contributed by atoms with Crippen LogP contribution in [0.15, 0.2) is 12.3 Å². The van der Waals surface area contributed by atoms with Crippen LogP contribution in [0, 0.1) is 0 Å². The zero-order valence-electron chi connectivity index (χ0n) is 11.6. The topological polar surface area (TPSA) is 84.3 Å². The van der Waals surface area contributed by atoms with Crippen molar-refractivity contribution in [2.45, 2.75) is 52.2 Å². The zero-order valence-corrected chi connectivity index (χ0v) is 11.6. The Hall–Kier alpha value is -1.85. The second-order valence-electron chi connectivity index (χ2n) is 4.61. The zero-order chi connectivity index (χ0) is 14.3. The summed E-state index contributed by atoms with van der Waals surface area (Å²) in [5.74, 6) is 0.0523. The highest BCUT2D eigenvalue weighted by atomic mass is 16.5. The SMILES string of the molecule is CCCC(CC(=O)O)Nc1nccc(OC(C)C)n1. The van der Waals surface area contributed by atoms with E-state index in [1.807, 2.05) is 20.8 Å².